The number of nitrogens with zero attached hydrogens (tertiary/aromatic N) is 1. The van der Waals surface area contributed by atoms with Crippen molar-refractivity contribution in [3.8, 4) is 0 Å². The second-order valence-corrected chi connectivity index (χ2v) is 4.92. The van der Waals surface area contributed by atoms with E-state index in [1.165, 1.54) is 0 Å². The second kappa shape index (κ2) is 5.88. The van der Waals surface area contributed by atoms with E-state index in [2.05, 4.69) is 10.6 Å². The Morgan fingerprint density at radius 2 is 2.16 bits per heavy atom. The first-order chi connectivity index (χ1) is 9.11. The Balaban J connectivity index is 2.09. The van der Waals surface area contributed by atoms with Crippen LogP contribution in [0.25, 0.3) is 0 Å². The number of rotatable bonds is 5. The number of para-hydroxylation sites is 1. The van der Waals surface area contributed by atoms with E-state index >= 15 is 0 Å². The van der Waals surface area contributed by atoms with Crippen LogP contribution in [-0.2, 0) is 0 Å². The van der Waals surface area contributed by atoms with Crippen LogP contribution < -0.4 is 10.6 Å². The highest BCUT2D eigenvalue weighted by Crippen LogP contribution is 2.33. The van der Waals surface area contributed by atoms with Gasteiger partial charge in [-0.05, 0) is 37.3 Å². The molecule has 3 N–H and O–H groups in total. The number of benzene rings is 1. The predicted molar refractivity (Wildman–Crippen MR) is 74.5 cm³/mol. The van der Waals surface area contributed by atoms with Crippen molar-refractivity contribution in [3.63, 3.8) is 0 Å². The summed E-state index contributed by atoms with van der Waals surface area (Å²) in [4.78, 5) is 10.8. The zero-order valence-electron chi connectivity index (χ0n) is 10.9. The molecule has 1 aliphatic rings. The van der Waals surface area contributed by atoms with Gasteiger partial charge < -0.3 is 15.7 Å². The van der Waals surface area contributed by atoms with Crippen molar-refractivity contribution in [2.75, 3.05) is 24.2 Å². The Morgan fingerprint density at radius 1 is 1.42 bits per heavy atom. The maximum Gasteiger partial charge on any atom is 0.315 e. The van der Waals surface area contributed by atoms with E-state index in [1.807, 2.05) is 0 Å². The smallest absolute Gasteiger partial charge is 0.315 e. The van der Waals surface area contributed by atoms with Crippen LogP contribution in [0.2, 0.25) is 0 Å². The lowest BCUT2D eigenvalue weighted by molar-refractivity contribution is -0.383. The maximum absolute atomic E-state index is 11.1. The van der Waals surface area contributed by atoms with Gasteiger partial charge in [0, 0.05) is 13.6 Å². The highest BCUT2D eigenvalue weighted by atomic mass is 16.6. The molecule has 0 aromatic heterocycles. The van der Waals surface area contributed by atoms with Crippen molar-refractivity contribution in [3.05, 3.63) is 28.3 Å². The third-order valence-electron chi connectivity index (χ3n) is 3.58. The zero-order valence-corrected chi connectivity index (χ0v) is 10.9. The lowest BCUT2D eigenvalue weighted by Gasteiger charge is -2.13. The summed E-state index contributed by atoms with van der Waals surface area (Å²) in [5.74, 6) is 0.382. The number of aliphatic hydroxyl groups is 1. The number of nitro groups is 1. The standard InChI is InChI=1S/C13H19N3O3/c1-14-11-3-2-4-12(13(11)16(18)19)15-8-9-5-6-10(17)7-9/h2-4,9-10,14-15,17H,5-8H2,1H3. The first-order valence-corrected chi connectivity index (χ1v) is 6.49. The lowest BCUT2D eigenvalue weighted by Crippen LogP contribution is -2.14. The maximum atomic E-state index is 11.1. The number of hydrogen-bond donors (Lipinski definition) is 3. The molecule has 0 aliphatic heterocycles. The molecule has 104 valence electrons. The van der Waals surface area contributed by atoms with E-state index in [-0.39, 0.29) is 16.7 Å². The van der Waals surface area contributed by atoms with Crippen molar-refractivity contribution in [1.29, 1.82) is 0 Å². The Bertz CT molecular complexity index is 464. The molecule has 0 spiro atoms. The van der Waals surface area contributed by atoms with Gasteiger partial charge in [-0.1, -0.05) is 6.07 Å². The van der Waals surface area contributed by atoms with Crippen LogP contribution in [0.15, 0.2) is 18.2 Å². The topological polar surface area (TPSA) is 87.4 Å². The second-order valence-electron chi connectivity index (χ2n) is 4.92. The summed E-state index contributed by atoms with van der Waals surface area (Å²) >= 11 is 0. The molecule has 1 aromatic carbocycles. The van der Waals surface area contributed by atoms with Crippen molar-refractivity contribution >= 4 is 17.1 Å². The van der Waals surface area contributed by atoms with Gasteiger partial charge in [0.15, 0.2) is 0 Å². The van der Waals surface area contributed by atoms with Crippen LogP contribution in [-0.4, -0.2) is 29.7 Å². The van der Waals surface area contributed by atoms with Crippen LogP contribution in [0, 0.1) is 16.0 Å². The van der Waals surface area contributed by atoms with E-state index in [0.29, 0.717) is 23.8 Å². The molecular formula is C13H19N3O3. The minimum atomic E-state index is -0.377. The molecule has 6 nitrogen and oxygen atoms in total. The molecule has 0 amide bonds. The average Bonchev–Trinajstić information content (AvgIpc) is 2.81. The third kappa shape index (κ3) is 3.14. The molecule has 2 rings (SSSR count). The average molecular weight is 265 g/mol. The molecule has 0 heterocycles. The van der Waals surface area contributed by atoms with Gasteiger partial charge in [0.2, 0.25) is 0 Å². The number of nitrogens with one attached hydrogen (secondary N) is 2. The van der Waals surface area contributed by atoms with Gasteiger partial charge >= 0.3 is 5.69 Å². The van der Waals surface area contributed by atoms with Gasteiger partial charge in [0.25, 0.3) is 0 Å². The summed E-state index contributed by atoms with van der Waals surface area (Å²) in [6, 6.07) is 5.18. The molecule has 6 heteroatoms. The Kier molecular flexibility index (Phi) is 4.21. The number of nitro benzene ring substituents is 1. The molecule has 1 aliphatic carbocycles. The summed E-state index contributed by atoms with van der Waals surface area (Å²) in [6.07, 6.45) is 2.34. The van der Waals surface area contributed by atoms with Crippen LogP contribution in [0.3, 0.4) is 0 Å². The summed E-state index contributed by atoms with van der Waals surface area (Å²) in [5.41, 5.74) is 1.10. The zero-order chi connectivity index (χ0) is 13.8. The number of hydrogen-bond acceptors (Lipinski definition) is 5. The normalized spacial score (nSPS) is 22.2. The van der Waals surface area contributed by atoms with Crippen molar-refractivity contribution < 1.29 is 10.0 Å². The fourth-order valence-corrected chi connectivity index (χ4v) is 2.57. The minimum Gasteiger partial charge on any atom is -0.393 e. The van der Waals surface area contributed by atoms with Gasteiger partial charge in [-0.25, -0.2) is 0 Å². The molecule has 0 radical (unpaired) electrons. The molecule has 0 saturated heterocycles. The molecule has 2 unspecified atom stereocenters. The highest BCUT2D eigenvalue weighted by molar-refractivity contribution is 5.75. The minimum absolute atomic E-state index is 0.0727. The Hall–Kier alpha value is -1.82. The molecule has 0 bridgehead atoms. The third-order valence-corrected chi connectivity index (χ3v) is 3.58. The first-order valence-electron chi connectivity index (χ1n) is 6.49. The van der Waals surface area contributed by atoms with Crippen LogP contribution in [0.4, 0.5) is 17.1 Å². The molecule has 19 heavy (non-hydrogen) atoms. The predicted octanol–water partition coefficient (Wildman–Crippen LogP) is 2.21. The summed E-state index contributed by atoms with van der Waals surface area (Å²) in [7, 11) is 1.67. The van der Waals surface area contributed by atoms with E-state index in [0.717, 1.165) is 19.3 Å². The Morgan fingerprint density at radius 3 is 2.74 bits per heavy atom. The summed E-state index contributed by atoms with van der Waals surface area (Å²) in [6.45, 7) is 0.658. The number of aliphatic hydroxyl groups excluding tert-OH is 1. The number of anilines is 2. The SMILES string of the molecule is CNc1cccc(NCC2CCC(O)C2)c1[N+](=O)[O-]. The van der Waals surface area contributed by atoms with Crippen LogP contribution in [0.5, 0.6) is 0 Å². The Labute approximate surface area is 112 Å². The fraction of sp³-hybridized carbons (Fsp3) is 0.538. The largest absolute Gasteiger partial charge is 0.393 e. The first kappa shape index (κ1) is 13.6. The lowest BCUT2D eigenvalue weighted by atomic mass is 10.1. The molecule has 1 fully saturated rings. The van der Waals surface area contributed by atoms with E-state index in [1.54, 1.807) is 25.2 Å². The monoisotopic (exact) mass is 265 g/mol. The van der Waals surface area contributed by atoms with Crippen molar-refractivity contribution in [2.24, 2.45) is 5.92 Å². The van der Waals surface area contributed by atoms with Gasteiger partial charge in [0.05, 0.1) is 11.0 Å². The van der Waals surface area contributed by atoms with E-state index in [4.69, 9.17) is 0 Å². The molecule has 1 saturated carbocycles. The van der Waals surface area contributed by atoms with Crippen molar-refractivity contribution in [2.45, 2.75) is 25.4 Å². The van der Waals surface area contributed by atoms with Gasteiger partial charge in [-0.3, -0.25) is 10.1 Å². The van der Waals surface area contributed by atoms with Crippen LogP contribution >= 0.6 is 0 Å². The van der Waals surface area contributed by atoms with Crippen LogP contribution in [0.1, 0.15) is 19.3 Å². The molecule has 2 atom stereocenters. The van der Waals surface area contributed by atoms with Gasteiger partial charge in [-0.2, -0.15) is 0 Å². The van der Waals surface area contributed by atoms with E-state index < -0.39 is 0 Å². The molecule has 1 aromatic rings. The summed E-state index contributed by atoms with van der Waals surface area (Å²) in [5, 5.41) is 26.6. The van der Waals surface area contributed by atoms with Crippen molar-refractivity contribution in [1.82, 2.24) is 0 Å². The fourth-order valence-electron chi connectivity index (χ4n) is 2.57. The summed E-state index contributed by atoms with van der Waals surface area (Å²) < 4.78 is 0. The highest BCUT2D eigenvalue weighted by Gasteiger charge is 2.24. The molecular weight excluding hydrogens is 246 g/mol. The van der Waals surface area contributed by atoms with Gasteiger partial charge in [0.1, 0.15) is 11.4 Å². The van der Waals surface area contributed by atoms with Gasteiger partial charge in [-0.15, -0.1) is 0 Å². The quantitative estimate of drug-likeness (QED) is 0.561. The van der Waals surface area contributed by atoms with E-state index in [9.17, 15) is 15.2 Å².